The molecule has 0 radical (unpaired) electrons. The van der Waals surface area contributed by atoms with Gasteiger partial charge in [0.25, 0.3) is 0 Å². The maximum atomic E-state index is 13.0. The quantitative estimate of drug-likeness (QED) is 0.725. The molecule has 0 aromatic heterocycles. The summed E-state index contributed by atoms with van der Waals surface area (Å²) in [6, 6.07) is 2.76. The van der Waals surface area contributed by atoms with E-state index >= 15 is 0 Å². The third kappa shape index (κ3) is 4.77. The molecule has 0 aliphatic carbocycles. The molecule has 122 valence electrons. The largest absolute Gasteiger partial charge is 0.388 e. The van der Waals surface area contributed by atoms with Gasteiger partial charge in [0.05, 0.1) is 5.60 Å². The maximum absolute atomic E-state index is 13.0. The first-order valence-corrected chi connectivity index (χ1v) is 6.94. The van der Waals surface area contributed by atoms with E-state index in [1.165, 1.54) is 0 Å². The van der Waals surface area contributed by atoms with Gasteiger partial charge in [0.1, 0.15) is 0 Å². The molecule has 7 heteroatoms. The maximum Gasteiger partial charge on any atom is 0.313 e. The first kappa shape index (κ1) is 18.0. The molecule has 3 N–H and O–H groups in total. The Bertz CT molecular complexity index is 562. The lowest BCUT2D eigenvalue weighted by molar-refractivity contribution is -0.137. The number of hydrogen-bond acceptors (Lipinski definition) is 3. The minimum Gasteiger partial charge on any atom is -0.388 e. The van der Waals surface area contributed by atoms with Crippen molar-refractivity contribution in [1.29, 1.82) is 0 Å². The molecule has 1 aromatic rings. The predicted octanol–water partition coefficient (Wildman–Crippen LogP) is 1.82. The molecule has 2 amide bonds. The zero-order chi connectivity index (χ0) is 16.9. The molecule has 5 nitrogen and oxygen atoms in total. The fraction of sp³-hybridized carbons (Fsp3) is 0.467. The van der Waals surface area contributed by atoms with Crippen molar-refractivity contribution in [2.24, 2.45) is 5.92 Å². The van der Waals surface area contributed by atoms with E-state index in [4.69, 9.17) is 0 Å². The Hall–Kier alpha value is -2.02. The highest BCUT2D eigenvalue weighted by molar-refractivity contribution is 6.39. The van der Waals surface area contributed by atoms with Crippen LogP contribution < -0.4 is 10.6 Å². The summed E-state index contributed by atoms with van der Waals surface area (Å²) in [5.74, 6) is -4.23. The van der Waals surface area contributed by atoms with Crippen molar-refractivity contribution in [2.45, 2.75) is 32.8 Å². The molecule has 1 rings (SSSR count). The summed E-state index contributed by atoms with van der Waals surface area (Å²) < 4.78 is 25.8. The van der Waals surface area contributed by atoms with Crippen LogP contribution in [0.25, 0.3) is 0 Å². The number of anilines is 1. The second-order valence-electron chi connectivity index (χ2n) is 5.43. The number of hydrogen-bond donors (Lipinski definition) is 3. The van der Waals surface area contributed by atoms with Crippen LogP contribution in [-0.4, -0.2) is 29.1 Å². The number of amides is 2. The summed E-state index contributed by atoms with van der Waals surface area (Å²) in [4.78, 5) is 23.3. The van der Waals surface area contributed by atoms with Crippen LogP contribution in [0.1, 0.15) is 27.2 Å². The highest BCUT2D eigenvalue weighted by atomic mass is 19.2. The number of benzene rings is 1. The van der Waals surface area contributed by atoms with Crippen molar-refractivity contribution in [2.75, 3.05) is 11.9 Å². The fourth-order valence-electron chi connectivity index (χ4n) is 1.72. The average molecular weight is 314 g/mol. The van der Waals surface area contributed by atoms with Crippen LogP contribution >= 0.6 is 0 Å². The standard InChI is InChI=1S/C15H20F2N2O3/c1-4-9(2)15(3,22)8-18-13(20)14(21)19-10-5-6-11(16)12(17)7-10/h5-7,9,22H,4,8H2,1-3H3,(H,18,20)(H,19,21)/t9-,15-/m0/s1. The topological polar surface area (TPSA) is 78.4 Å². The molecule has 0 fully saturated rings. The summed E-state index contributed by atoms with van der Waals surface area (Å²) in [6.07, 6.45) is 0.712. The normalized spacial score (nSPS) is 14.8. The Morgan fingerprint density at radius 2 is 1.91 bits per heavy atom. The number of halogens is 2. The van der Waals surface area contributed by atoms with Crippen LogP contribution in [0.3, 0.4) is 0 Å². The molecule has 2 atom stereocenters. The molecule has 0 spiro atoms. The average Bonchev–Trinajstić information content (AvgIpc) is 2.47. The molecule has 22 heavy (non-hydrogen) atoms. The minimum absolute atomic E-state index is 0.0345. The Morgan fingerprint density at radius 3 is 2.45 bits per heavy atom. The van der Waals surface area contributed by atoms with Gasteiger partial charge in [0, 0.05) is 18.3 Å². The minimum atomic E-state index is -1.15. The predicted molar refractivity (Wildman–Crippen MR) is 78.1 cm³/mol. The molecule has 0 bridgehead atoms. The van der Waals surface area contributed by atoms with Gasteiger partial charge in [0.15, 0.2) is 11.6 Å². The second-order valence-corrected chi connectivity index (χ2v) is 5.43. The SMILES string of the molecule is CC[C@H](C)[C@@](C)(O)CNC(=O)C(=O)Nc1ccc(F)c(F)c1. The van der Waals surface area contributed by atoms with Crippen molar-refractivity contribution in [3.63, 3.8) is 0 Å². The van der Waals surface area contributed by atoms with Crippen molar-refractivity contribution in [1.82, 2.24) is 5.32 Å². The van der Waals surface area contributed by atoms with Crippen molar-refractivity contribution >= 4 is 17.5 Å². The Balaban J connectivity index is 2.59. The summed E-state index contributed by atoms with van der Waals surface area (Å²) >= 11 is 0. The van der Waals surface area contributed by atoms with Crippen molar-refractivity contribution in [3.05, 3.63) is 29.8 Å². The fourth-order valence-corrected chi connectivity index (χ4v) is 1.72. The van der Waals surface area contributed by atoms with Crippen LogP contribution in [0.4, 0.5) is 14.5 Å². The van der Waals surface area contributed by atoms with Crippen molar-refractivity contribution < 1.29 is 23.5 Å². The second kappa shape index (κ2) is 7.31. The van der Waals surface area contributed by atoms with Crippen LogP contribution in [0.15, 0.2) is 18.2 Å². The van der Waals surface area contributed by atoms with E-state index in [-0.39, 0.29) is 18.2 Å². The summed E-state index contributed by atoms with van der Waals surface area (Å²) in [6.45, 7) is 5.20. The number of rotatable bonds is 5. The zero-order valence-electron chi connectivity index (χ0n) is 12.7. The molecule has 0 saturated heterocycles. The van der Waals surface area contributed by atoms with Crippen LogP contribution in [0.5, 0.6) is 0 Å². The number of nitrogens with one attached hydrogen (secondary N) is 2. The Labute approximate surface area is 127 Å². The highest BCUT2D eigenvalue weighted by Gasteiger charge is 2.28. The highest BCUT2D eigenvalue weighted by Crippen LogP contribution is 2.18. The van der Waals surface area contributed by atoms with Gasteiger partial charge in [-0.05, 0) is 25.0 Å². The van der Waals surface area contributed by atoms with Crippen LogP contribution in [0, 0.1) is 17.6 Å². The van der Waals surface area contributed by atoms with Gasteiger partial charge in [0.2, 0.25) is 0 Å². The van der Waals surface area contributed by atoms with Crippen LogP contribution in [0.2, 0.25) is 0 Å². The van der Waals surface area contributed by atoms with E-state index in [9.17, 15) is 23.5 Å². The third-order valence-corrected chi connectivity index (χ3v) is 3.66. The third-order valence-electron chi connectivity index (χ3n) is 3.66. The summed E-state index contributed by atoms with van der Waals surface area (Å²) in [5.41, 5.74) is -1.18. The molecular formula is C15H20F2N2O3. The van der Waals surface area contributed by atoms with E-state index in [1.54, 1.807) is 6.92 Å². The Kier molecular flexibility index (Phi) is 5.99. The molecule has 0 aliphatic rings. The van der Waals surface area contributed by atoms with E-state index in [2.05, 4.69) is 10.6 Å². The number of aliphatic hydroxyl groups is 1. The zero-order valence-corrected chi connectivity index (χ0v) is 12.7. The molecular weight excluding hydrogens is 294 g/mol. The molecule has 0 saturated carbocycles. The first-order chi connectivity index (χ1) is 10.2. The lowest BCUT2D eigenvalue weighted by atomic mass is 9.89. The van der Waals surface area contributed by atoms with E-state index in [0.717, 1.165) is 18.2 Å². The van der Waals surface area contributed by atoms with Gasteiger partial charge in [-0.15, -0.1) is 0 Å². The van der Waals surface area contributed by atoms with E-state index < -0.39 is 29.0 Å². The smallest absolute Gasteiger partial charge is 0.313 e. The first-order valence-electron chi connectivity index (χ1n) is 6.94. The van der Waals surface area contributed by atoms with Gasteiger partial charge in [-0.1, -0.05) is 20.3 Å². The van der Waals surface area contributed by atoms with Crippen LogP contribution in [-0.2, 0) is 9.59 Å². The van der Waals surface area contributed by atoms with Gasteiger partial charge >= 0.3 is 11.8 Å². The van der Waals surface area contributed by atoms with Crippen molar-refractivity contribution in [3.8, 4) is 0 Å². The Morgan fingerprint density at radius 1 is 1.27 bits per heavy atom. The monoisotopic (exact) mass is 314 g/mol. The molecule has 1 aromatic carbocycles. The molecule has 0 unspecified atom stereocenters. The molecule has 0 aliphatic heterocycles. The number of carbonyl (C=O) groups is 2. The van der Waals surface area contributed by atoms with Gasteiger partial charge in [-0.2, -0.15) is 0 Å². The number of carbonyl (C=O) groups excluding carboxylic acids is 2. The summed E-state index contributed by atoms with van der Waals surface area (Å²) in [5, 5.41) is 14.6. The molecule has 0 heterocycles. The lowest BCUT2D eigenvalue weighted by Crippen LogP contribution is -2.47. The lowest BCUT2D eigenvalue weighted by Gasteiger charge is -2.29. The van der Waals surface area contributed by atoms with Gasteiger partial charge < -0.3 is 15.7 Å². The summed E-state index contributed by atoms with van der Waals surface area (Å²) in [7, 11) is 0. The van der Waals surface area contributed by atoms with Gasteiger partial charge in [-0.3, -0.25) is 9.59 Å². The van der Waals surface area contributed by atoms with Gasteiger partial charge in [-0.25, -0.2) is 8.78 Å². The van der Waals surface area contributed by atoms with E-state index in [1.807, 2.05) is 13.8 Å². The van der Waals surface area contributed by atoms with E-state index in [0.29, 0.717) is 6.42 Å².